The molecule has 25 heavy (non-hydrogen) atoms. The molecule has 2 aromatic carbocycles. The smallest absolute Gasteiger partial charge is 0.409 e. The number of hydrogen-bond acceptors (Lipinski definition) is 2. The van der Waals surface area contributed by atoms with Crippen LogP contribution in [0.4, 0.5) is 4.79 Å². The van der Waals surface area contributed by atoms with Crippen LogP contribution in [0, 0.1) is 30.1 Å². The summed E-state index contributed by atoms with van der Waals surface area (Å²) >= 11 is 0. The van der Waals surface area contributed by atoms with Gasteiger partial charge in [0.15, 0.2) is 0 Å². The van der Waals surface area contributed by atoms with Crippen molar-refractivity contribution in [1.82, 2.24) is 4.90 Å². The fraction of sp³-hybridized carbons (Fsp3) is 0.227. The number of carbonyl (C=O) groups excluding carboxylic acids is 1. The van der Waals surface area contributed by atoms with Gasteiger partial charge in [-0.1, -0.05) is 54.5 Å². The predicted octanol–water partition coefficient (Wildman–Crippen LogP) is 3.50. The summed E-state index contributed by atoms with van der Waals surface area (Å²) in [6.07, 6.45) is 4.84. The van der Waals surface area contributed by atoms with Crippen LogP contribution < -0.4 is 0 Å². The van der Waals surface area contributed by atoms with Crippen LogP contribution >= 0.6 is 0 Å². The molecule has 1 aliphatic carbocycles. The van der Waals surface area contributed by atoms with E-state index in [1.54, 1.807) is 4.90 Å². The molecule has 0 bridgehead atoms. The molecule has 0 saturated carbocycles. The molecule has 1 saturated heterocycles. The summed E-state index contributed by atoms with van der Waals surface area (Å²) in [4.78, 5) is 13.9. The second-order valence-electron chi connectivity index (χ2n) is 6.32. The van der Waals surface area contributed by atoms with Gasteiger partial charge in [0.05, 0.1) is 5.92 Å². The number of nitrogens with zero attached hydrogens (tertiary/aromatic N) is 1. The molecule has 1 aliphatic heterocycles. The van der Waals surface area contributed by atoms with E-state index in [1.807, 2.05) is 24.3 Å². The van der Waals surface area contributed by atoms with Crippen LogP contribution in [-0.4, -0.2) is 30.7 Å². The normalized spacial score (nSPS) is 15.2. The maximum Gasteiger partial charge on any atom is 0.409 e. The molecule has 4 rings (SSSR count). The minimum Gasteiger partial charge on any atom is -0.448 e. The van der Waals surface area contributed by atoms with Gasteiger partial charge in [0.25, 0.3) is 0 Å². The molecule has 2 aliphatic rings. The van der Waals surface area contributed by atoms with Crippen LogP contribution in [0.25, 0.3) is 11.1 Å². The van der Waals surface area contributed by atoms with Gasteiger partial charge in [-0.15, -0.1) is 6.42 Å². The van der Waals surface area contributed by atoms with Crippen molar-refractivity contribution in [3.05, 3.63) is 59.7 Å². The van der Waals surface area contributed by atoms with Crippen LogP contribution in [0.2, 0.25) is 0 Å². The zero-order valence-electron chi connectivity index (χ0n) is 13.7. The summed E-state index contributed by atoms with van der Waals surface area (Å²) in [5, 5.41) is 0. The second kappa shape index (κ2) is 6.38. The second-order valence-corrected chi connectivity index (χ2v) is 6.32. The zero-order valence-corrected chi connectivity index (χ0v) is 13.7. The first-order valence-electron chi connectivity index (χ1n) is 8.34. The average molecular weight is 327 g/mol. The Balaban J connectivity index is 1.44. The van der Waals surface area contributed by atoms with E-state index in [0.29, 0.717) is 19.7 Å². The first kappa shape index (κ1) is 15.4. The van der Waals surface area contributed by atoms with E-state index in [0.717, 1.165) is 0 Å². The van der Waals surface area contributed by atoms with Crippen molar-refractivity contribution in [3.63, 3.8) is 0 Å². The van der Waals surface area contributed by atoms with Crippen LogP contribution in [0.5, 0.6) is 0 Å². The number of rotatable bonds is 2. The molecular formula is C22H17NO2. The fourth-order valence-corrected chi connectivity index (χ4v) is 3.55. The highest BCUT2D eigenvalue weighted by atomic mass is 16.6. The largest absolute Gasteiger partial charge is 0.448 e. The molecule has 0 N–H and O–H groups in total. The van der Waals surface area contributed by atoms with E-state index in [4.69, 9.17) is 11.2 Å². The first-order chi connectivity index (χ1) is 12.3. The Hall–Kier alpha value is -3.17. The predicted molar refractivity (Wildman–Crippen MR) is 96.7 cm³/mol. The van der Waals surface area contributed by atoms with Crippen LogP contribution in [0.1, 0.15) is 17.0 Å². The van der Waals surface area contributed by atoms with Crippen molar-refractivity contribution in [3.8, 4) is 35.3 Å². The van der Waals surface area contributed by atoms with Gasteiger partial charge in [-0.25, -0.2) is 4.79 Å². The molecule has 0 radical (unpaired) electrons. The number of benzene rings is 2. The molecule has 0 aromatic heterocycles. The zero-order chi connectivity index (χ0) is 17.2. The fourth-order valence-electron chi connectivity index (χ4n) is 3.55. The summed E-state index contributed by atoms with van der Waals surface area (Å²) in [7, 11) is 0. The van der Waals surface area contributed by atoms with E-state index in [-0.39, 0.29) is 17.9 Å². The van der Waals surface area contributed by atoms with Gasteiger partial charge in [-0.05, 0) is 34.1 Å². The third-order valence-corrected chi connectivity index (χ3v) is 4.82. The highest BCUT2D eigenvalue weighted by Gasteiger charge is 2.33. The lowest BCUT2D eigenvalue weighted by Gasteiger charge is -2.35. The number of terminal acetylenes is 1. The highest BCUT2D eigenvalue weighted by molar-refractivity contribution is 5.79. The number of ether oxygens (including phenoxy) is 1. The molecule has 1 heterocycles. The number of fused-ring (bicyclic) bond motifs is 3. The molecule has 122 valence electrons. The molecule has 1 amide bonds. The van der Waals surface area contributed by atoms with E-state index in [9.17, 15) is 4.79 Å². The molecule has 1 fully saturated rings. The minimum atomic E-state index is -0.277. The van der Waals surface area contributed by atoms with E-state index < -0.39 is 0 Å². The van der Waals surface area contributed by atoms with Gasteiger partial charge in [0.1, 0.15) is 6.61 Å². The lowest BCUT2D eigenvalue weighted by molar-refractivity contribution is 0.0655. The van der Waals surface area contributed by atoms with E-state index >= 15 is 0 Å². The molecular weight excluding hydrogens is 310 g/mol. The van der Waals surface area contributed by atoms with Gasteiger partial charge < -0.3 is 9.64 Å². The monoisotopic (exact) mass is 327 g/mol. The minimum absolute atomic E-state index is 0.0923. The van der Waals surface area contributed by atoms with Crippen LogP contribution in [0.15, 0.2) is 48.5 Å². The summed E-state index contributed by atoms with van der Waals surface area (Å²) < 4.78 is 5.59. The Morgan fingerprint density at radius 2 is 1.68 bits per heavy atom. The third-order valence-electron chi connectivity index (χ3n) is 4.82. The summed E-state index contributed by atoms with van der Waals surface area (Å²) in [6, 6.07) is 16.6. The lowest BCUT2D eigenvalue weighted by Crippen LogP contribution is -2.49. The number of amides is 1. The molecule has 0 unspecified atom stereocenters. The van der Waals surface area contributed by atoms with Gasteiger partial charge in [-0.2, -0.15) is 0 Å². The average Bonchev–Trinajstić information content (AvgIpc) is 2.93. The summed E-state index contributed by atoms with van der Waals surface area (Å²) in [5.74, 6) is 8.10. The van der Waals surface area contributed by atoms with E-state index in [1.165, 1.54) is 22.3 Å². The molecule has 2 aromatic rings. The highest BCUT2D eigenvalue weighted by Crippen LogP contribution is 2.44. The standard InChI is InChI=1S/C22H17NO2/c1-2-3-8-16-13-23(14-16)22(24)25-15-21-19-11-6-4-9-17(19)18-10-5-7-12-20(18)21/h1,4-7,9-12,16,21H,13-15H2. The first-order valence-corrected chi connectivity index (χ1v) is 8.34. The summed E-state index contributed by atoms with van der Waals surface area (Å²) in [6.45, 7) is 1.53. The van der Waals surface area contributed by atoms with Crippen LogP contribution in [0.3, 0.4) is 0 Å². The third kappa shape index (κ3) is 2.75. The van der Waals surface area contributed by atoms with Crippen molar-refractivity contribution < 1.29 is 9.53 Å². The topological polar surface area (TPSA) is 29.5 Å². The van der Waals surface area contributed by atoms with Crippen molar-refractivity contribution in [2.45, 2.75) is 5.92 Å². The number of hydrogen-bond donors (Lipinski definition) is 0. The van der Waals surface area contributed by atoms with Crippen molar-refractivity contribution in [2.24, 2.45) is 5.92 Å². The van der Waals surface area contributed by atoms with Crippen molar-refractivity contribution in [2.75, 3.05) is 19.7 Å². The maximum absolute atomic E-state index is 12.2. The van der Waals surface area contributed by atoms with Crippen LogP contribution in [-0.2, 0) is 4.74 Å². The van der Waals surface area contributed by atoms with E-state index in [2.05, 4.69) is 42.0 Å². The SMILES string of the molecule is C#CC#CC1CN(C(=O)OCC2c3ccccc3-c3ccccc32)C1. The van der Waals surface area contributed by atoms with Gasteiger partial charge in [0, 0.05) is 19.0 Å². The molecule has 3 heteroatoms. The van der Waals surface area contributed by atoms with Gasteiger partial charge >= 0.3 is 6.09 Å². The number of carbonyl (C=O) groups is 1. The number of likely N-dealkylation sites (tertiary alicyclic amines) is 1. The Kier molecular flexibility index (Phi) is 3.92. The van der Waals surface area contributed by atoms with Crippen molar-refractivity contribution in [1.29, 1.82) is 0 Å². The quantitative estimate of drug-likeness (QED) is 0.790. The van der Waals surface area contributed by atoms with Crippen molar-refractivity contribution >= 4 is 6.09 Å². The summed E-state index contributed by atoms with van der Waals surface area (Å²) in [5.41, 5.74) is 4.90. The maximum atomic E-state index is 12.2. The Labute approximate surface area is 147 Å². The Morgan fingerprint density at radius 1 is 1.08 bits per heavy atom. The van der Waals surface area contributed by atoms with Gasteiger partial charge in [0.2, 0.25) is 0 Å². The molecule has 0 atom stereocenters. The lowest BCUT2D eigenvalue weighted by atomic mass is 9.98. The van der Waals surface area contributed by atoms with Gasteiger partial charge in [-0.3, -0.25) is 0 Å². The Morgan fingerprint density at radius 3 is 2.28 bits per heavy atom. The molecule has 3 nitrogen and oxygen atoms in total. The molecule has 0 spiro atoms. The Bertz CT molecular complexity index is 877.